The Labute approximate surface area is 161 Å². The number of hydrogen-bond donors (Lipinski definition) is 0. The molecule has 0 saturated carbocycles. The number of ketones is 1. The molecule has 0 amide bonds. The van der Waals surface area contributed by atoms with E-state index in [1.54, 1.807) is 30.3 Å². The molecule has 150 valence electrons. The zero-order valence-electron chi connectivity index (χ0n) is 16.0. The molecule has 0 aromatic heterocycles. The van der Waals surface area contributed by atoms with Crippen molar-refractivity contribution >= 4 is 17.8 Å². The number of nitrogens with zero attached hydrogens (tertiary/aromatic N) is 2. The number of hydrogen-bond acceptors (Lipinski definition) is 4. The molecule has 0 aliphatic heterocycles. The van der Waals surface area contributed by atoms with Crippen molar-refractivity contribution in [2.24, 2.45) is 4.99 Å². The number of carbonyl (C=O) groups is 1. The lowest BCUT2D eigenvalue weighted by atomic mass is 10.0. The van der Waals surface area contributed by atoms with Crippen molar-refractivity contribution in [1.29, 1.82) is 0 Å². The number of aryl methyl sites for hydroxylation is 2. The van der Waals surface area contributed by atoms with Crippen LogP contribution in [0.3, 0.4) is 0 Å². The number of ether oxygens (including phenoxy) is 2. The maximum Gasteiger partial charge on any atom is 0.573 e. The molecule has 0 fully saturated rings. The number of Topliss-reactive ketones (excluding diaryl/α,β-unsaturated/α-hetero) is 1. The first-order valence-corrected chi connectivity index (χ1v) is 8.39. The summed E-state index contributed by atoms with van der Waals surface area (Å²) in [6, 6.07) is 8.58. The van der Waals surface area contributed by atoms with Gasteiger partial charge in [0.05, 0.1) is 12.0 Å². The van der Waals surface area contributed by atoms with Gasteiger partial charge < -0.3 is 14.4 Å². The topological polar surface area (TPSA) is 51.1 Å². The van der Waals surface area contributed by atoms with E-state index in [4.69, 9.17) is 4.74 Å². The largest absolute Gasteiger partial charge is 0.573 e. The van der Waals surface area contributed by atoms with Gasteiger partial charge in [0.25, 0.3) is 0 Å². The van der Waals surface area contributed by atoms with Crippen LogP contribution in [0.4, 0.5) is 18.9 Å². The molecule has 2 aromatic carbocycles. The Morgan fingerprint density at radius 3 is 2.43 bits per heavy atom. The second-order valence-corrected chi connectivity index (χ2v) is 6.40. The minimum absolute atomic E-state index is 0.108. The highest BCUT2D eigenvalue weighted by Crippen LogP contribution is 2.27. The van der Waals surface area contributed by atoms with Crippen molar-refractivity contribution in [1.82, 2.24) is 4.90 Å². The third kappa shape index (κ3) is 6.29. The van der Waals surface area contributed by atoms with Crippen molar-refractivity contribution in [2.45, 2.75) is 20.2 Å². The quantitative estimate of drug-likeness (QED) is 0.389. The van der Waals surface area contributed by atoms with Crippen LogP contribution in [0.25, 0.3) is 0 Å². The number of carbonyl (C=O) groups excluding carboxylic acids is 1. The van der Waals surface area contributed by atoms with Crippen molar-refractivity contribution in [3.05, 3.63) is 53.1 Å². The molecular formula is C20H21F3N2O3. The van der Waals surface area contributed by atoms with E-state index < -0.39 is 12.1 Å². The average Bonchev–Trinajstić information content (AvgIpc) is 2.58. The molecule has 5 nitrogen and oxygen atoms in total. The highest BCUT2D eigenvalue weighted by atomic mass is 19.4. The molecule has 0 N–H and O–H groups in total. The summed E-state index contributed by atoms with van der Waals surface area (Å²) in [5, 5.41) is 0. The summed E-state index contributed by atoms with van der Waals surface area (Å²) in [6.45, 7) is 3.33. The Morgan fingerprint density at radius 2 is 1.79 bits per heavy atom. The molecule has 0 aliphatic carbocycles. The number of rotatable bonds is 7. The smallest absolute Gasteiger partial charge is 0.485 e. The van der Waals surface area contributed by atoms with E-state index in [1.807, 2.05) is 21.0 Å². The number of alkyl halides is 3. The van der Waals surface area contributed by atoms with Crippen LogP contribution >= 0.6 is 0 Å². The molecule has 0 spiro atoms. The fourth-order valence-electron chi connectivity index (χ4n) is 2.41. The van der Waals surface area contributed by atoms with Crippen LogP contribution in [0.5, 0.6) is 11.5 Å². The highest BCUT2D eigenvalue weighted by Gasteiger charge is 2.31. The predicted molar refractivity (Wildman–Crippen MR) is 101 cm³/mol. The molecule has 2 aromatic rings. The third-order valence-corrected chi connectivity index (χ3v) is 3.68. The molecule has 0 radical (unpaired) electrons. The van der Waals surface area contributed by atoms with Gasteiger partial charge in [-0.05, 0) is 49.2 Å². The molecule has 0 bridgehead atoms. The second kappa shape index (κ2) is 8.77. The van der Waals surface area contributed by atoms with E-state index in [1.165, 1.54) is 12.1 Å². The molecule has 8 heteroatoms. The summed E-state index contributed by atoms with van der Waals surface area (Å²) in [4.78, 5) is 18.7. The fourth-order valence-corrected chi connectivity index (χ4v) is 2.41. The molecule has 0 unspecified atom stereocenters. The van der Waals surface area contributed by atoms with E-state index in [0.29, 0.717) is 5.56 Å². The van der Waals surface area contributed by atoms with E-state index in [0.717, 1.165) is 28.9 Å². The number of halogens is 3. The fraction of sp³-hybridized carbons (Fsp3) is 0.300. The molecule has 0 atom stereocenters. The van der Waals surface area contributed by atoms with Crippen LogP contribution in [0, 0.1) is 13.8 Å². The standard InChI is InChI=1S/C20H21F3N2O3/c1-13-9-18(24-12-25(3)4)14(2)8-17(13)19(26)11-27-15-6-5-7-16(10-15)28-20(21,22)23/h5-10,12H,11H2,1-4H3/b24-12-. The van der Waals surface area contributed by atoms with Gasteiger partial charge in [0.1, 0.15) is 11.5 Å². The third-order valence-electron chi connectivity index (χ3n) is 3.68. The van der Waals surface area contributed by atoms with E-state index in [9.17, 15) is 18.0 Å². The highest BCUT2D eigenvalue weighted by molar-refractivity contribution is 5.99. The van der Waals surface area contributed by atoms with Crippen LogP contribution in [-0.2, 0) is 0 Å². The number of benzene rings is 2. The summed E-state index contributed by atoms with van der Waals surface area (Å²) >= 11 is 0. The van der Waals surface area contributed by atoms with Crippen molar-refractivity contribution in [3.63, 3.8) is 0 Å². The summed E-state index contributed by atoms with van der Waals surface area (Å²) < 4.78 is 46.1. The zero-order valence-corrected chi connectivity index (χ0v) is 16.0. The Balaban J connectivity index is 2.09. The van der Waals surface area contributed by atoms with Crippen LogP contribution in [0.1, 0.15) is 21.5 Å². The Hall–Kier alpha value is -3.03. The lowest BCUT2D eigenvalue weighted by molar-refractivity contribution is -0.274. The van der Waals surface area contributed by atoms with E-state index >= 15 is 0 Å². The summed E-state index contributed by atoms with van der Waals surface area (Å²) in [5.41, 5.74) is 2.79. The molecule has 0 aliphatic rings. The van der Waals surface area contributed by atoms with Crippen LogP contribution in [0.2, 0.25) is 0 Å². The van der Waals surface area contributed by atoms with Gasteiger partial charge in [-0.3, -0.25) is 4.79 Å². The van der Waals surface area contributed by atoms with Gasteiger partial charge in [-0.2, -0.15) is 0 Å². The first-order chi connectivity index (χ1) is 13.0. The maximum atomic E-state index is 12.5. The van der Waals surface area contributed by atoms with Crippen molar-refractivity contribution < 1.29 is 27.4 Å². The van der Waals surface area contributed by atoms with Crippen molar-refractivity contribution in [2.75, 3.05) is 20.7 Å². The average molecular weight is 394 g/mol. The monoisotopic (exact) mass is 394 g/mol. The van der Waals surface area contributed by atoms with Gasteiger partial charge >= 0.3 is 6.36 Å². The van der Waals surface area contributed by atoms with Crippen molar-refractivity contribution in [3.8, 4) is 11.5 Å². The van der Waals surface area contributed by atoms with E-state index in [2.05, 4.69) is 9.73 Å². The molecule has 28 heavy (non-hydrogen) atoms. The molecule has 2 rings (SSSR count). The summed E-state index contributed by atoms with van der Waals surface area (Å²) in [5.74, 6) is -0.588. The van der Waals surface area contributed by atoms with E-state index in [-0.39, 0.29) is 18.1 Å². The second-order valence-electron chi connectivity index (χ2n) is 6.40. The minimum atomic E-state index is -4.79. The van der Waals surface area contributed by atoms with Gasteiger partial charge in [-0.1, -0.05) is 6.07 Å². The lowest BCUT2D eigenvalue weighted by Gasteiger charge is -2.12. The lowest BCUT2D eigenvalue weighted by Crippen LogP contribution is -2.17. The first kappa shape index (κ1) is 21.3. The molecule has 0 heterocycles. The SMILES string of the molecule is Cc1cc(C(=O)COc2cccc(OC(F)(F)F)c2)c(C)cc1/N=C\N(C)C. The molecular weight excluding hydrogens is 373 g/mol. The first-order valence-electron chi connectivity index (χ1n) is 8.39. The zero-order chi connectivity index (χ0) is 20.9. The number of aliphatic imine (C=N–C) groups is 1. The van der Waals surface area contributed by atoms with Gasteiger partial charge in [-0.25, -0.2) is 4.99 Å². The molecule has 0 saturated heterocycles. The van der Waals surface area contributed by atoms with Gasteiger partial charge in [0.2, 0.25) is 0 Å². The maximum absolute atomic E-state index is 12.5. The van der Waals surface area contributed by atoms with Gasteiger partial charge in [0, 0.05) is 25.7 Å². The van der Waals surface area contributed by atoms with Gasteiger partial charge in [0.15, 0.2) is 12.4 Å². The van der Waals surface area contributed by atoms with Gasteiger partial charge in [-0.15, -0.1) is 13.2 Å². The summed E-state index contributed by atoms with van der Waals surface area (Å²) in [6.07, 6.45) is -3.12. The summed E-state index contributed by atoms with van der Waals surface area (Å²) in [7, 11) is 3.71. The minimum Gasteiger partial charge on any atom is -0.485 e. The van der Waals surface area contributed by atoms with Crippen LogP contribution in [-0.4, -0.2) is 44.1 Å². The van der Waals surface area contributed by atoms with Crippen LogP contribution in [0.15, 0.2) is 41.4 Å². The predicted octanol–water partition coefficient (Wildman–Crippen LogP) is 4.69. The normalized spacial score (nSPS) is 11.5. The Kier molecular flexibility index (Phi) is 6.66. The Morgan fingerprint density at radius 1 is 1.11 bits per heavy atom. The Bertz CT molecular complexity index is 877. The van der Waals surface area contributed by atoms with Crippen LogP contribution < -0.4 is 9.47 Å².